The van der Waals surface area contributed by atoms with Gasteiger partial charge in [0.1, 0.15) is 5.75 Å². The number of carbonyl (C=O) groups excluding carboxylic acids is 1. The Morgan fingerprint density at radius 3 is 2.60 bits per heavy atom. The fourth-order valence-corrected chi connectivity index (χ4v) is 1.17. The molecule has 1 unspecified atom stereocenters. The quantitative estimate of drug-likeness (QED) is 0.733. The fraction of sp³-hybridized carbons (Fsp3) is 0.364. The number of rotatable bonds is 5. The van der Waals surface area contributed by atoms with Crippen LogP contribution in [-0.4, -0.2) is 25.7 Å². The van der Waals surface area contributed by atoms with Crippen molar-refractivity contribution in [2.24, 2.45) is 5.73 Å². The van der Waals surface area contributed by atoms with Gasteiger partial charge in [0.05, 0.1) is 7.11 Å². The summed E-state index contributed by atoms with van der Waals surface area (Å²) in [5.41, 5.74) is 5.39. The van der Waals surface area contributed by atoms with Crippen LogP contribution in [0, 0.1) is 0 Å². The second-order valence-corrected chi connectivity index (χ2v) is 3.02. The summed E-state index contributed by atoms with van der Waals surface area (Å²) in [4.78, 5) is 11.3. The highest BCUT2D eigenvalue weighted by atomic mass is 16.6. The van der Waals surface area contributed by atoms with Crippen LogP contribution in [0.3, 0.4) is 0 Å². The maximum absolute atomic E-state index is 11.3. The summed E-state index contributed by atoms with van der Waals surface area (Å²) in [6, 6.07) is 9.13. The average molecular weight is 209 g/mol. The number of ether oxygens (including phenoxy) is 2. The minimum Gasteiger partial charge on any atom is -0.479 e. The van der Waals surface area contributed by atoms with Crippen LogP contribution in [0.1, 0.15) is 6.42 Å². The van der Waals surface area contributed by atoms with Crippen molar-refractivity contribution >= 4 is 5.97 Å². The molecule has 0 fully saturated rings. The summed E-state index contributed by atoms with van der Waals surface area (Å²) in [6.07, 6.45) is -0.177. The smallest absolute Gasteiger partial charge is 0.347 e. The molecule has 0 bridgehead atoms. The van der Waals surface area contributed by atoms with Crippen LogP contribution < -0.4 is 10.5 Å². The molecule has 4 heteroatoms. The van der Waals surface area contributed by atoms with Crippen molar-refractivity contribution in [2.45, 2.75) is 12.5 Å². The molecule has 0 saturated carbocycles. The van der Waals surface area contributed by atoms with E-state index in [-0.39, 0.29) is 0 Å². The number of para-hydroxylation sites is 1. The highest BCUT2D eigenvalue weighted by Gasteiger charge is 2.19. The van der Waals surface area contributed by atoms with Crippen molar-refractivity contribution in [3.8, 4) is 5.75 Å². The summed E-state index contributed by atoms with van der Waals surface area (Å²) in [5, 5.41) is 0. The van der Waals surface area contributed by atoms with Crippen molar-refractivity contribution in [3.63, 3.8) is 0 Å². The minimum atomic E-state index is -0.623. The van der Waals surface area contributed by atoms with Crippen LogP contribution in [0.5, 0.6) is 5.75 Å². The maximum Gasteiger partial charge on any atom is 0.347 e. The molecule has 4 nitrogen and oxygen atoms in total. The monoisotopic (exact) mass is 209 g/mol. The van der Waals surface area contributed by atoms with Crippen LogP contribution in [0.2, 0.25) is 0 Å². The first kappa shape index (κ1) is 11.5. The van der Waals surface area contributed by atoms with E-state index in [1.54, 1.807) is 12.1 Å². The van der Waals surface area contributed by atoms with Crippen molar-refractivity contribution in [2.75, 3.05) is 13.7 Å². The molecule has 0 aliphatic carbocycles. The van der Waals surface area contributed by atoms with Crippen molar-refractivity contribution in [1.29, 1.82) is 0 Å². The Bertz CT molecular complexity index is 300. The van der Waals surface area contributed by atoms with Crippen molar-refractivity contribution in [3.05, 3.63) is 30.3 Å². The van der Waals surface area contributed by atoms with Gasteiger partial charge in [0.2, 0.25) is 0 Å². The average Bonchev–Trinajstić information content (AvgIpc) is 2.29. The number of methoxy groups -OCH3 is 1. The Balaban J connectivity index is 2.62. The van der Waals surface area contributed by atoms with Gasteiger partial charge >= 0.3 is 5.97 Å². The van der Waals surface area contributed by atoms with E-state index in [1.165, 1.54) is 7.11 Å². The van der Waals surface area contributed by atoms with Crippen molar-refractivity contribution in [1.82, 2.24) is 0 Å². The number of hydrogen-bond acceptors (Lipinski definition) is 4. The SMILES string of the molecule is COC(=O)C(CCN)Oc1ccccc1. The maximum atomic E-state index is 11.3. The molecule has 0 saturated heterocycles. The normalized spacial score (nSPS) is 11.9. The van der Waals surface area contributed by atoms with Gasteiger partial charge in [0.15, 0.2) is 6.10 Å². The summed E-state index contributed by atoms with van der Waals surface area (Å²) in [6.45, 7) is 0.382. The highest BCUT2D eigenvalue weighted by Crippen LogP contribution is 2.12. The zero-order chi connectivity index (χ0) is 11.1. The van der Waals surface area contributed by atoms with Gasteiger partial charge in [-0.25, -0.2) is 4.79 Å². The molecule has 0 aliphatic heterocycles. The molecule has 0 spiro atoms. The van der Waals surface area contributed by atoms with Gasteiger partial charge in [-0.15, -0.1) is 0 Å². The molecule has 0 amide bonds. The van der Waals surface area contributed by atoms with Gasteiger partial charge in [-0.05, 0) is 18.7 Å². The summed E-state index contributed by atoms with van der Waals surface area (Å²) >= 11 is 0. The van der Waals surface area contributed by atoms with Gasteiger partial charge in [0.25, 0.3) is 0 Å². The van der Waals surface area contributed by atoms with E-state index in [9.17, 15) is 4.79 Å². The Hall–Kier alpha value is -1.55. The molecule has 0 aliphatic rings. The van der Waals surface area contributed by atoms with E-state index < -0.39 is 12.1 Å². The Labute approximate surface area is 89.0 Å². The number of carbonyl (C=O) groups is 1. The standard InChI is InChI=1S/C11H15NO3/c1-14-11(13)10(7-8-12)15-9-5-3-2-4-6-9/h2-6,10H,7-8,12H2,1H3. The summed E-state index contributed by atoms with van der Waals surface area (Å²) < 4.78 is 10.1. The lowest BCUT2D eigenvalue weighted by atomic mass is 10.2. The first-order chi connectivity index (χ1) is 7.27. The van der Waals surface area contributed by atoms with E-state index >= 15 is 0 Å². The number of nitrogens with two attached hydrogens (primary N) is 1. The minimum absolute atomic E-state index is 0.382. The largest absolute Gasteiger partial charge is 0.479 e. The Morgan fingerprint density at radius 2 is 2.07 bits per heavy atom. The van der Waals surface area contributed by atoms with Crippen LogP contribution in [0.4, 0.5) is 0 Å². The molecule has 0 aromatic heterocycles. The van der Waals surface area contributed by atoms with E-state index in [0.29, 0.717) is 18.7 Å². The first-order valence-electron chi connectivity index (χ1n) is 4.77. The van der Waals surface area contributed by atoms with E-state index in [2.05, 4.69) is 4.74 Å². The zero-order valence-electron chi connectivity index (χ0n) is 8.68. The Morgan fingerprint density at radius 1 is 1.40 bits per heavy atom. The third-order valence-corrected chi connectivity index (χ3v) is 1.91. The molecular formula is C11H15NO3. The van der Waals surface area contributed by atoms with E-state index in [1.807, 2.05) is 18.2 Å². The lowest BCUT2D eigenvalue weighted by Gasteiger charge is -2.15. The van der Waals surface area contributed by atoms with Crippen LogP contribution in [0.25, 0.3) is 0 Å². The molecule has 1 atom stereocenters. The molecule has 0 heterocycles. The lowest BCUT2D eigenvalue weighted by molar-refractivity contribution is -0.149. The van der Waals surface area contributed by atoms with Gasteiger partial charge in [0, 0.05) is 6.42 Å². The van der Waals surface area contributed by atoms with Gasteiger partial charge in [-0.1, -0.05) is 18.2 Å². The first-order valence-corrected chi connectivity index (χ1v) is 4.77. The predicted octanol–water partition coefficient (Wildman–Crippen LogP) is 0.956. The second kappa shape index (κ2) is 6.03. The molecule has 15 heavy (non-hydrogen) atoms. The molecular weight excluding hydrogens is 194 g/mol. The predicted molar refractivity (Wildman–Crippen MR) is 56.5 cm³/mol. The number of benzene rings is 1. The highest BCUT2D eigenvalue weighted by molar-refractivity contribution is 5.74. The summed E-state index contributed by atoms with van der Waals surface area (Å²) in [7, 11) is 1.33. The van der Waals surface area contributed by atoms with Crippen molar-refractivity contribution < 1.29 is 14.3 Å². The van der Waals surface area contributed by atoms with E-state index in [4.69, 9.17) is 10.5 Å². The van der Waals surface area contributed by atoms with Gasteiger partial charge < -0.3 is 15.2 Å². The van der Waals surface area contributed by atoms with Gasteiger partial charge in [-0.3, -0.25) is 0 Å². The van der Waals surface area contributed by atoms with Crippen LogP contribution in [0.15, 0.2) is 30.3 Å². The summed E-state index contributed by atoms with van der Waals surface area (Å²) in [5.74, 6) is 0.241. The van der Waals surface area contributed by atoms with Crippen LogP contribution in [-0.2, 0) is 9.53 Å². The Kier molecular flexibility index (Phi) is 4.63. The third-order valence-electron chi connectivity index (χ3n) is 1.91. The molecule has 1 aromatic carbocycles. The lowest BCUT2D eigenvalue weighted by Crippen LogP contribution is -2.30. The van der Waals surface area contributed by atoms with Gasteiger partial charge in [-0.2, -0.15) is 0 Å². The molecule has 1 aromatic rings. The third kappa shape index (κ3) is 3.59. The second-order valence-electron chi connectivity index (χ2n) is 3.02. The molecule has 1 rings (SSSR count). The molecule has 82 valence electrons. The zero-order valence-corrected chi connectivity index (χ0v) is 8.68. The topological polar surface area (TPSA) is 61.5 Å². The molecule has 2 N–H and O–H groups in total. The van der Waals surface area contributed by atoms with E-state index in [0.717, 1.165) is 0 Å². The number of hydrogen-bond donors (Lipinski definition) is 1. The number of esters is 1. The molecule has 0 radical (unpaired) electrons. The fourth-order valence-electron chi connectivity index (χ4n) is 1.17. The van der Waals surface area contributed by atoms with Crippen LogP contribution >= 0.6 is 0 Å².